The maximum absolute atomic E-state index is 16.1. The number of alkyl halides is 1. The van der Waals surface area contributed by atoms with Crippen LogP contribution in [-0.4, -0.2) is 82.4 Å². The first-order valence-corrected chi connectivity index (χ1v) is 15.6. The molecule has 42 heavy (non-hydrogen) atoms. The Bertz CT molecular complexity index is 1640. The van der Waals surface area contributed by atoms with E-state index < -0.39 is 12.0 Å². The number of hydrogen-bond donors (Lipinski definition) is 2. The molecule has 4 aromatic rings. The second-order valence-electron chi connectivity index (χ2n) is 12.0. The molecule has 0 spiro atoms. The van der Waals surface area contributed by atoms with E-state index in [4.69, 9.17) is 10.5 Å². The van der Waals surface area contributed by atoms with Crippen molar-refractivity contribution in [2.45, 2.75) is 70.2 Å². The van der Waals surface area contributed by atoms with Crippen LogP contribution in [0.1, 0.15) is 43.2 Å². The van der Waals surface area contributed by atoms with Crippen molar-refractivity contribution >= 4 is 43.4 Å². The molecule has 4 atom stereocenters. The molecule has 222 valence electrons. The summed E-state index contributed by atoms with van der Waals surface area (Å²) in [6.45, 7) is 7.42. The second-order valence-corrected chi connectivity index (χ2v) is 13.0. The molecule has 0 aliphatic carbocycles. The van der Waals surface area contributed by atoms with Gasteiger partial charge in [0.1, 0.15) is 23.2 Å². The van der Waals surface area contributed by atoms with Crippen molar-refractivity contribution in [2.75, 3.05) is 43.9 Å². The summed E-state index contributed by atoms with van der Waals surface area (Å²) in [7, 11) is 1.50. The van der Waals surface area contributed by atoms with E-state index in [0.29, 0.717) is 52.1 Å². The number of fused-ring (bicyclic) bond motifs is 5. The average molecular weight is 595 g/mol. The summed E-state index contributed by atoms with van der Waals surface area (Å²) in [5, 5.41) is 4.64. The van der Waals surface area contributed by atoms with Crippen LogP contribution in [0.4, 0.5) is 19.7 Å². The van der Waals surface area contributed by atoms with E-state index in [2.05, 4.69) is 35.1 Å². The standard InChI is InChI=1S/C23H24FN7OS.C7H12FN/c1-10-6-15-19(28-22(25)33-15)16(11(10)2)20-17(24)18-14(7-26-20)21(30-23(29-18)32-3)31-8-12-4-5-13(9-31)27-12;8-6-4-7-2-1-3-9(7)5-6/h6-7,12-13,27H,4-5,8-9H2,1-3H3,(H2,25,28);6-7H,1-5H2. The van der Waals surface area contributed by atoms with Gasteiger partial charge in [-0.15, -0.1) is 0 Å². The van der Waals surface area contributed by atoms with E-state index in [0.717, 1.165) is 54.7 Å². The number of aryl methyl sites for hydroxylation is 1. The number of rotatable bonds is 3. The van der Waals surface area contributed by atoms with Gasteiger partial charge in [0.15, 0.2) is 10.9 Å². The maximum Gasteiger partial charge on any atom is 0.318 e. The van der Waals surface area contributed by atoms with Crippen molar-refractivity contribution < 1.29 is 13.5 Å². The molecular formula is C30H36F2N8OS. The van der Waals surface area contributed by atoms with Crippen molar-refractivity contribution in [1.29, 1.82) is 0 Å². The number of aromatic nitrogens is 4. The monoisotopic (exact) mass is 594 g/mol. The van der Waals surface area contributed by atoms with Crippen LogP contribution in [0.2, 0.25) is 0 Å². The first-order valence-electron chi connectivity index (χ1n) is 14.7. The quantitative estimate of drug-likeness (QED) is 0.347. The summed E-state index contributed by atoms with van der Waals surface area (Å²) in [6, 6.07) is 3.61. The number of piperazine rings is 1. The van der Waals surface area contributed by atoms with E-state index in [1.54, 1.807) is 6.20 Å². The number of thiazole rings is 1. The second kappa shape index (κ2) is 10.8. The van der Waals surface area contributed by atoms with E-state index in [1.807, 2.05) is 19.9 Å². The molecule has 1 aromatic carbocycles. The number of ether oxygens (including phenoxy) is 1. The minimum absolute atomic E-state index is 0.142. The lowest BCUT2D eigenvalue weighted by molar-refractivity contribution is 0.292. The predicted molar refractivity (Wildman–Crippen MR) is 163 cm³/mol. The number of nitrogens with zero attached hydrogens (tertiary/aromatic N) is 6. The molecular weight excluding hydrogens is 558 g/mol. The third kappa shape index (κ3) is 4.83. The van der Waals surface area contributed by atoms with Crippen LogP contribution in [0.15, 0.2) is 12.3 Å². The summed E-state index contributed by atoms with van der Waals surface area (Å²) in [5.74, 6) is 0.159. The molecule has 3 N–H and O–H groups in total. The van der Waals surface area contributed by atoms with Gasteiger partial charge in [0.05, 0.1) is 22.7 Å². The average Bonchev–Trinajstić information content (AvgIpc) is 3.73. The number of hydrogen-bond acceptors (Lipinski definition) is 10. The molecule has 4 aliphatic rings. The van der Waals surface area contributed by atoms with Crippen LogP contribution in [-0.2, 0) is 0 Å². The number of halogens is 2. The first kappa shape index (κ1) is 27.6. The molecule has 4 fully saturated rings. The normalized spacial score (nSPS) is 25.2. The molecule has 0 amide bonds. The Hall–Kier alpha value is -3.22. The zero-order valence-electron chi connectivity index (χ0n) is 24.2. The number of nitrogens with two attached hydrogens (primary N) is 1. The molecule has 0 radical (unpaired) electrons. The largest absolute Gasteiger partial charge is 0.467 e. The van der Waals surface area contributed by atoms with Gasteiger partial charge in [-0.2, -0.15) is 9.97 Å². The van der Waals surface area contributed by atoms with Crippen LogP contribution >= 0.6 is 11.3 Å². The highest BCUT2D eigenvalue weighted by molar-refractivity contribution is 7.22. The zero-order valence-corrected chi connectivity index (χ0v) is 25.0. The fraction of sp³-hybridized carbons (Fsp3) is 0.533. The Morgan fingerprint density at radius 3 is 2.60 bits per heavy atom. The molecule has 4 unspecified atom stereocenters. The Morgan fingerprint density at radius 1 is 1.07 bits per heavy atom. The fourth-order valence-corrected chi connectivity index (χ4v) is 7.96. The Balaban J connectivity index is 0.000000272. The Morgan fingerprint density at radius 2 is 1.86 bits per heavy atom. The number of benzene rings is 1. The molecule has 4 saturated heterocycles. The lowest BCUT2D eigenvalue weighted by atomic mass is 9.98. The number of nitrogens with one attached hydrogen (secondary N) is 1. The topological polar surface area (TPSA) is 105 Å². The van der Waals surface area contributed by atoms with Crippen molar-refractivity contribution in [2.24, 2.45) is 0 Å². The molecule has 3 aromatic heterocycles. The van der Waals surface area contributed by atoms with Crippen LogP contribution in [0, 0.1) is 19.7 Å². The van der Waals surface area contributed by atoms with Gasteiger partial charge in [0.2, 0.25) is 0 Å². The van der Waals surface area contributed by atoms with Gasteiger partial charge in [0, 0.05) is 49.5 Å². The van der Waals surface area contributed by atoms with Crippen LogP contribution in [0.25, 0.3) is 32.4 Å². The summed E-state index contributed by atoms with van der Waals surface area (Å²) >= 11 is 1.39. The predicted octanol–water partition coefficient (Wildman–Crippen LogP) is 4.78. The molecule has 8 rings (SSSR count). The molecule has 9 nitrogen and oxygen atoms in total. The van der Waals surface area contributed by atoms with E-state index in [1.165, 1.54) is 31.3 Å². The van der Waals surface area contributed by atoms with Crippen LogP contribution in [0.5, 0.6) is 6.01 Å². The molecule has 2 bridgehead atoms. The minimum atomic E-state index is -0.518. The van der Waals surface area contributed by atoms with Gasteiger partial charge in [-0.25, -0.2) is 13.8 Å². The van der Waals surface area contributed by atoms with Crippen molar-refractivity contribution in [1.82, 2.24) is 30.2 Å². The van der Waals surface area contributed by atoms with Gasteiger partial charge >= 0.3 is 6.01 Å². The number of nitrogen functional groups attached to an aromatic ring is 1. The van der Waals surface area contributed by atoms with E-state index in [-0.39, 0.29) is 17.2 Å². The summed E-state index contributed by atoms with van der Waals surface area (Å²) in [5.41, 5.74) is 9.64. The Labute approximate surface area is 247 Å². The highest BCUT2D eigenvalue weighted by Gasteiger charge is 2.35. The van der Waals surface area contributed by atoms with Crippen molar-refractivity contribution in [3.63, 3.8) is 0 Å². The Kier molecular flexibility index (Phi) is 7.10. The highest BCUT2D eigenvalue weighted by Crippen LogP contribution is 2.40. The summed E-state index contributed by atoms with van der Waals surface area (Å²) in [4.78, 5) is 22.5. The van der Waals surface area contributed by atoms with Gasteiger partial charge in [-0.05, 0) is 69.7 Å². The van der Waals surface area contributed by atoms with Gasteiger partial charge in [-0.3, -0.25) is 9.88 Å². The number of anilines is 2. The van der Waals surface area contributed by atoms with Crippen LogP contribution in [0.3, 0.4) is 0 Å². The summed E-state index contributed by atoms with van der Waals surface area (Å²) < 4.78 is 35.0. The zero-order chi connectivity index (χ0) is 29.1. The third-order valence-electron chi connectivity index (χ3n) is 9.26. The number of pyridine rings is 1. The first-order chi connectivity index (χ1) is 20.3. The third-order valence-corrected chi connectivity index (χ3v) is 10.1. The van der Waals surface area contributed by atoms with Gasteiger partial charge < -0.3 is 20.7 Å². The number of methoxy groups -OCH3 is 1. The smallest absolute Gasteiger partial charge is 0.318 e. The van der Waals surface area contributed by atoms with Gasteiger partial charge in [0.25, 0.3) is 0 Å². The molecule has 7 heterocycles. The molecule has 12 heteroatoms. The molecule has 4 aliphatic heterocycles. The summed E-state index contributed by atoms with van der Waals surface area (Å²) in [6.07, 6.45) is 6.76. The van der Waals surface area contributed by atoms with E-state index in [9.17, 15) is 4.39 Å². The van der Waals surface area contributed by atoms with Gasteiger partial charge in [-0.1, -0.05) is 11.3 Å². The highest BCUT2D eigenvalue weighted by atomic mass is 32.1. The van der Waals surface area contributed by atoms with Crippen LogP contribution < -0.4 is 20.7 Å². The minimum Gasteiger partial charge on any atom is -0.467 e. The lowest BCUT2D eigenvalue weighted by Crippen LogP contribution is -2.51. The maximum atomic E-state index is 16.1. The lowest BCUT2D eigenvalue weighted by Gasteiger charge is -2.34. The van der Waals surface area contributed by atoms with Crippen molar-refractivity contribution in [3.8, 4) is 17.3 Å². The van der Waals surface area contributed by atoms with E-state index >= 15 is 4.39 Å². The molecule has 0 saturated carbocycles. The van der Waals surface area contributed by atoms with Crippen molar-refractivity contribution in [3.05, 3.63) is 29.2 Å². The SMILES string of the molecule is COc1nc(N2CC3CCC(C2)N3)c2cnc(-c3c(C)c(C)cc4sc(N)nc34)c(F)c2n1.FC1CC2CCCN2C1. The fourth-order valence-electron chi connectivity index (χ4n) is 7.12.